The summed E-state index contributed by atoms with van der Waals surface area (Å²) in [6.07, 6.45) is 3.92. The van der Waals surface area contributed by atoms with E-state index in [1.807, 2.05) is 36.4 Å². The van der Waals surface area contributed by atoms with Crippen LogP contribution in [-0.2, 0) is 22.6 Å². The van der Waals surface area contributed by atoms with Gasteiger partial charge in [0, 0.05) is 0 Å². The predicted octanol–water partition coefficient (Wildman–Crippen LogP) is 4.39. The number of hydrogen-bond acceptors (Lipinski definition) is 5. The van der Waals surface area contributed by atoms with E-state index in [4.69, 9.17) is 4.74 Å². The van der Waals surface area contributed by atoms with Crippen LogP contribution < -0.4 is 0 Å². The first-order valence-corrected chi connectivity index (χ1v) is 9.43. The molecule has 2 atom stereocenters. The second-order valence-corrected chi connectivity index (χ2v) is 7.29. The van der Waals surface area contributed by atoms with E-state index in [9.17, 15) is 4.79 Å². The molecule has 0 N–H and O–H groups in total. The Morgan fingerprint density at radius 2 is 1.88 bits per heavy atom. The third-order valence-corrected chi connectivity index (χ3v) is 5.50. The third-order valence-electron chi connectivity index (χ3n) is 4.94. The lowest BCUT2D eigenvalue weighted by atomic mass is 9.96. The Labute approximate surface area is 151 Å². The topological polar surface area (TPSA) is 52.1 Å². The maximum Gasteiger partial charge on any atom is 0.309 e. The number of esters is 1. The van der Waals surface area contributed by atoms with Crippen molar-refractivity contribution >= 4 is 28.7 Å². The van der Waals surface area contributed by atoms with Gasteiger partial charge < -0.3 is 4.74 Å². The Morgan fingerprint density at radius 1 is 1.04 bits per heavy atom. The fourth-order valence-corrected chi connectivity index (χ4v) is 4.13. The molecule has 1 aromatic heterocycles. The Morgan fingerprint density at radius 3 is 2.76 bits per heavy atom. The number of nitrogens with zero attached hydrogens (tertiary/aromatic N) is 2. The van der Waals surface area contributed by atoms with Crippen LogP contribution in [0, 0.1) is 11.8 Å². The number of carbonyl (C=O) groups excluding carboxylic acids is 1. The van der Waals surface area contributed by atoms with Gasteiger partial charge in [-0.05, 0) is 54.9 Å². The second-order valence-electron chi connectivity index (χ2n) is 6.76. The highest BCUT2D eigenvalue weighted by Crippen LogP contribution is 2.34. The predicted molar refractivity (Wildman–Crippen MR) is 98.2 cm³/mol. The third kappa shape index (κ3) is 3.87. The van der Waals surface area contributed by atoms with Gasteiger partial charge in [0.15, 0.2) is 0 Å². The molecule has 4 nitrogen and oxygen atoms in total. The maximum absolute atomic E-state index is 12.3. The van der Waals surface area contributed by atoms with Gasteiger partial charge in [-0.25, -0.2) is 0 Å². The molecular formula is C20H20N2O2S. The van der Waals surface area contributed by atoms with Crippen LogP contribution in [0.2, 0.25) is 0 Å². The molecule has 1 heterocycles. The monoisotopic (exact) mass is 352 g/mol. The number of ether oxygens (including phenoxy) is 1. The van der Waals surface area contributed by atoms with Gasteiger partial charge in [-0.1, -0.05) is 36.4 Å². The van der Waals surface area contributed by atoms with Gasteiger partial charge in [0.25, 0.3) is 0 Å². The SMILES string of the molecule is O=C(OCc1ccccc1)[C@@H]1CC[C@@H](Cc2ccc3nsnc3c2)C1. The molecule has 0 amide bonds. The van der Waals surface area contributed by atoms with Crippen molar-refractivity contribution in [3.63, 3.8) is 0 Å². The molecule has 0 bridgehead atoms. The van der Waals surface area contributed by atoms with Crippen LogP contribution in [-0.4, -0.2) is 14.7 Å². The van der Waals surface area contributed by atoms with Crippen LogP contribution in [0.3, 0.4) is 0 Å². The van der Waals surface area contributed by atoms with Crippen LogP contribution in [0.25, 0.3) is 11.0 Å². The van der Waals surface area contributed by atoms with Gasteiger partial charge in [-0.15, -0.1) is 0 Å². The van der Waals surface area contributed by atoms with E-state index in [0.717, 1.165) is 42.3 Å². The summed E-state index contributed by atoms with van der Waals surface area (Å²) in [4.78, 5) is 12.3. The lowest BCUT2D eigenvalue weighted by Crippen LogP contribution is -2.15. The minimum absolute atomic E-state index is 0.0402. The van der Waals surface area contributed by atoms with Gasteiger partial charge in [-0.3, -0.25) is 4.79 Å². The zero-order chi connectivity index (χ0) is 17.1. The van der Waals surface area contributed by atoms with Crippen LogP contribution in [0.15, 0.2) is 48.5 Å². The lowest BCUT2D eigenvalue weighted by Gasteiger charge is -2.12. The Hall–Kier alpha value is -2.27. The highest BCUT2D eigenvalue weighted by molar-refractivity contribution is 7.00. The Bertz CT molecular complexity index is 862. The summed E-state index contributed by atoms with van der Waals surface area (Å²) in [6, 6.07) is 16.1. The summed E-state index contributed by atoms with van der Waals surface area (Å²) in [7, 11) is 0. The molecule has 5 heteroatoms. The molecular weight excluding hydrogens is 332 g/mol. The van der Waals surface area contributed by atoms with Gasteiger partial charge in [0.2, 0.25) is 0 Å². The van der Waals surface area contributed by atoms with Crippen molar-refractivity contribution in [2.45, 2.75) is 32.3 Å². The fourth-order valence-electron chi connectivity index (χ4n) is 3.61. The first-order chi connectivity index (χ1) is 12.3. The van der Waals surface area contributed by atoms with E-state index in [0.29, 0.717) is 12.5 Å². The molecule has 25 heavy (non-hydrogen) atoms. The van der Waals surface area contributed by atoms with Gasteiger partial charge >= 0.3 is 5.97 Å². The Kier molecular flexibility index (Phi) is 4.74. The zero-order valence-corrected chi connectivity index (χ0v) is 14.7. The molecule has 1 aliphatic rings. The van der Waals surface area contributed by atoms with Crippen molar-refractivity contribution in [3.8, 4) is 0 Å². The van der Waals surface area contributed by atoms with Crippen molar-refractivity contribution < 1.29 is 9.53 Å². The molecule has 0 saturated heterocycles. The van der Waals surface area contributed by atoms with Crippen LogP contribution in [0.5, 0.6) is 0 Å². The van der Waals surface area contributed by atoms with E-state index < -0.39 is 0 Å². The smallest absolute Gasteiger partial charge is 0.309 e. The van der Waals surface area contributed by atoms with E-state index in [-0.39, 0.29) is 11.9 Å². The van der Waals surface area contributed by atoms with Crippen molar-refractivity contribution in [2.24, 2.45) is 11.8 Å². The average molecular weight is 352 g/mol. The minimum atomic E-state index is -0.0505. The van der Waals surface area contributed by atoms with Crippen LogP contribution in [0.4, 0.5) is 0 Å². The summed E-state index contributed by atoms with van der Waals surface area (Å²) in [5.74, 6) is 0.530. The van der Waals surface area contributed by atoms with Crippen molar-refractivity contribution in [1.29, 1.82) is 0 Å². The van der Waals surface area contributed by atoms with Crippen LogP contribution in [0.1, 0.15) is 30.4 Å². The van der Waals surface area contributed by atoms with E-state index in [1.165, 1.54) is 17.3 Å². The molecule has 1 fully saturated rings. The number of hydrogen-bond donors (Lipinski definition) is 0. The summed E-state index contributed by atoms with van der Waals surface area (Å²) >= 11 is 1.25. The fraction of sp³-hybridized carbons (Fsp3) is 0.350. The van der Waals surface area contributed by atoms with Gasteiger partial charge in [0.1, 0.15) is 17.6 Å². The summed E-state index contributed by atoms with van der Waals surface area (Å²) in [6.45, 7) is 0.369. The first-order valence-electron chi connectivity index (χ1n) is 8.70. The molecule has 2 aromatic carbocycles. The zero-order valence-electron chi connectivity index (χ0n) is 13.9. The first kappa shape index (κ1) is 16.2. The molecule has 0 radical (unpaired) electrons. The van der Waals surface area contributed by atoms with Gasteiger partial charge in [-0.2, -0.15) is 8.75 Å². The maximum atomic E-state index is 12.3. The van der Waals surface area contributed by atoms with E-state index >= 15 is 0 Å². The number of fused-ring (bicyclic) bond motifs is 1. The molecule has 3 aromatic rings. The summed E-state index contributed by atoms with van der Waals surface area (Å²) in [5, 5.41) is 0. The number of benzene rings is 2. The summed E-state index contributed by atoms with van der Waals surface area (Å²) in [5.41, 5.74) is 4.25. The molecule has 4 rings (SSSR count). The molecule has 0 aliphatic heterocycles. The quantitative estimate of drug-likeness (QED) is 0.639. The second kappa shape index (κ2) is 7.31. The molecule has 0 spiro atoms. The lowest BCUT2D eigenvalue weighted by molar-refractivity contribution is -0.149. The van der Waals surface area contributed by atoms with Crippen molar-refractivity contribution in [1.82, 2.24) is 8.75 Å². The molecule has 1 aliphatic carbocycles. The minimum Gasteiger partial charge on any atom is -0.461 e. The van der Waals surface area contributed by atoms with Crippen LogP contribution >= 0.6 is 11.7 Å². The highest BCUT2D eigenvalue weighted by Gasteiger charge is 2.31. The highest BCUT2D eigenvalue weighted by atomic mass is 32.1. The standard InChI is InChI=1S/C20H20N2O2S/c23-20(24-13-14-4-2-1-3-5-14)17-8-6-15(11-17)10-16-7-9-18-19(12-16)22-25-21-18/h1-5,7,9,12,15,17H,6,8,10-11,13H2/t15-,17+/m0/s1. The van der Waals surface area contributed by atoms with Crippen molar-refractivity contribution in [3.05, 3.63) is 59.7 Å². The Balaban J connectivity index is 1.30. The normalized spacial score (nSPS) is 20.0. The van der Waals surface area contributed by atoms with Gasteiger partial charge in [0.05, 0.1) is 17.6 Å². The molecule has 128 valence electrons. The molecule has 1 saturated carbocycles. The molecule has 0 unspecified atom stereocenters. The number of rotatable bonds is 5. The number of aromatic nitrogens is 2. The van der Waals surface area contributed by atoms with E-state index in [1.54, 1.807) is 0 Å². The largest absolute Gasteiger partial charge is 0.461 e. The van der Waals surface area contributed by atoms with E-state index in [2.05, 4.69) is 20.9 Å². The average Bonchev–Trinajstić information content (AvgIpc) is 3.29. The number of carbonyl (C=O) groups is 1. The summed E-state index contributed by atoms with van der Waals surface area (Å²) < 4.78 is 14.1. The van der Waals surface area contributed by atoms with Crippen molar-refractivity contribution in [2.75, 3.05) is 0 Å².